The highest BCUT2D eigenvalue weighted by atomic mass is 28.3. The number of ether oxygens (including phenoxy) is 2. The minimum Gasteiger partial charge on any atom is -0.444 e. The van der Waals surface area contributed by atoms with Gasteiger partial charge in [-0.05, 0) is 39.2 Å². The van der Waals surface area contributed by atoms with Crippen LogP contribution in [0.1, 0.15) is 53.0 Å². The van der Waals surface area contributed by atoms with Crippen molar-refractivity contribution >= 4 is 14.2 Å². The highest BCUT2D eigenvalue weighted by Crippen LogP contribution is 2.20. The van der Waals surface area contributed by atoms with Gasteiger partial charge in [0.25, 0.3) is 0 Å². The van der Waals surface area contributed by atoms with Crippen molar-refractivity contribution in [2.75, 3.05) is 6.61 Å². The zero-order valence-corrected chi connectivity index (χ0v) is 19.9. The lowest BCUT2D eigenvalue weighted by molar-refractivity contribution is 0.0361. The normalized spacial score (nSPS) is 14.7. The molecule has 1 aromatic heterocycles. The maximum Gasteiger partial charge on any atom is 0.439 e. The van der Waals surface area contributed by atoms with Crippen molar-refractivity contribution in [1.29, 1.82) is 0 Å². The third kappa shape index (κ3) is 10.1. The fourth-order valence-corrected chi connectivity index (χ4v) is 3.22. The van der Waals surface area contributed by atoms with Gasteiger partial charge in [0.1, 0.15) is 12.3 Å². The Labute approximate surface area is 173 Å². The first-order chi connectivity index (χ1) is 13.2. The molecule has 29 heavy (non-hydrogen) atoms. The maximum absolute atomic E-state index is 12.1. The van der Waals surface area contributed by atoms with Gasteiger partial charge in [-0.3, -0.25) is 0 Å². The van der Waals surface area contributed by atoms with Gasteiger partial charge in [-0.15, -0.1) is 5.10 Å². The minimum absolute atomic E-state index is 0.0477. The molecule has 0 saturated carbocycles. The van der Waals surface area contributed by atoms with Crippen LogP contribution in [-0.4, -0.2) is 47.3 Å². The van der Waals surface area contributed by atoms with Crippen LogP contribution < -0.4 is 11.1 Å². The molecule has 2 atom stereocenters. The van der Waals surface area contributed by atoms with E-state index in [0.717, 1.165) is 10.7 Å². The van der Waals surface area contributed by atoms with Gasteiger partial charge < -0.3 is 24.3 Å². The summed E-state index contributed by atoms with van der Waals surface area (Å²) in [6.07, 6.45) is -1.50. The van der Waals surface area contributed by atoms with Gasteiger partial charge in [0, 0.05) is 14.7 Å². The SMILES string of the molecule is CC(C)C[C@H](NC(=O)OC(C)(C)C)C(O)c1nn(COCC[Si](C)(C)C)c(=O)o1. The average Bonchev–Trinajstić information content (AvgIpc) is 2.88. The van der Waals surface area contributed by atoms with E-state index in [1.54, 1.807) is 20.8 Å². The summed E-state index contributed by atoms with van der Waals surface area (Å²) in [4.78, 5) is 24.2. The van der Waals surface area contributed by atoms with Gasteiger partial charge >= 0.3 is 11.8 Å². The number of aliphatic hydroxyl groups excluding tert-OH is 1. The third-order valence-corrected chi connectivity index (χ3v) is 5.60. The second-order valence-corrected chi connectivity index (χ2v) is 15.5. The summed E-state index contributed by atoms with van der Waals surface area (Å²) in [5.74, 6) is -0.707. The number of nitrogens with one attached hydrogen (secondary N) is 1. The first-order valence-electron chi connectivity index (χ1n) is 10.0. The lowest BCUT2D eigenvalue weighted by Crippen LogP contribution is -2.43. The molecule has 0 radical (unpaired) electrons. The van der Waals surface area contributed by atoms with Gasteiger partial charge in [-0.25, -0.2) is 9.59 Å². The van der Waals surface area contributed by atoms with Crippen molar-refractivity contribution in [2.24, 2.45) is 5.92 Å². The number of nitrogens with zero attached hydrogens (tertiary/aromatic N) is 2. The quantitative estimate of drug-likeness (QED) is 0.432. The Balaban J connectivity index is 2.82. The number of aliphatic hydroxyl groups is 1. The van der Waals surface area contributed by atoms with E-state index < -0.39 is 37.7 Å². The zero-order valence-electron chi connectivity index (χ0n) is 18.9. The van der Waals surface area contributed by atoms with Crippen LogP contribution in [0.25, 0.3) is 0 Å². The summed E-state index contributed by atoms with van der Waals surface area (Å²) in [6.45, 7) is 16.4. The molecule has 0 spiro atoms. The van der Waals surface area contributed by atoms with E-state index in [4.69, 9.17) is 13.9 Å². The van der Waals surface area contributed by atoms with Crippen LogP contribution >= 0.6 is 0 Å². The minimum atomic E-state index is -1.29. The smallest absolute Gasteiger partial charge is 0.439 e. The summed E-state index contributed by atoms with van der Waals surface area (Å²) in [5.41, 5.74) is -0.668. The second kappa shape index (κ2) is 10.4. The molecule has 1 unspecified atom stereocenters. The lowest BCUT2D eigenvalue weighted by Gasteiger charge is -2.26. The van der Waals surface area contributed by atoms with Crippen molar-refractivity contribution in [3.63, 3.8) is 0 Å². The van der Waals surface area contributed by atoms with E-state index in [-0.39, 0.29) is 18.5 Å². The molecule has 0 bridgehead atoms. The van der Waals surface area contributed by atoms with Crippen LogP contribution in [0.4, 0.5) is 4.79 Å². The van der Waals surface area contributed by atoms with Crippen molar-refractivity contribution in [3.8, 4) is 0 Å². The Morgan fingerprint density at radius 2 is 1.93 bits per heavy atom. The molecular formula is C19H37N3O6Si. The topological polar surface area (TPSA) is 116 Å². The average molecular weight is 432 g/mol. The fraction of sp³-hybridized carbons (Fsp3) is 0.842. The Morgan fingerprint density at radius 1 is 1.31 bits per heavy atom. The summed E-state index contributed by atoms with van der Waals surface area (Å²) in [7, 11) is -1.23. The zero-order chi connectivity index (χ0) is 22.4. The van der Waals surface area contributed by atoms with E-state index >= 15 is 0 Å². The monoisotopic (exact) mass is 431 g/mol. The van der Waals surface area contributed by atoms with Crippen LogP contribution in [0.2, 0.25) is 25.7 Å². The molecule has 168 valence electrons. The molecule has 1 rings (SSSR count). The van der Waals surface area contributed by atoms with Gasteiger partial charge in [-0.1, -0.05) is 33.5 Å². The number of hydrogen-bond acceptors (Lipinski definition) is 7. The fourth-order valence-electron chi connectivity index (χ4n) is 2.46. The standard InChI is InChI=1S/C19H37N3O6Si/c1-13(2)11-14(20-17(24)28-19(3,4)5)15(23)16-21-22(18(25)27-16)12-26-9-10-29(6,7)8/h13-15,23H,9-12H2,1-8H3,(H,20,24)/t14-,15?/m0/s1. The van der Waals surface area contributed by atoms with Gasteiger partial charge in [-0.2, -0.15) is 4.68 Å². The first-order valence-corrected chi connectivity index (χ1v) is 13.7. The van der Waals surface area contributed by atoms with E-state index in [9.17, 15) is 14.7 Å². The number of rotatable bonds is 10. The van der Waals surface area contributed by atoms with Crippen molar-refractivity contribution in [1.82, 2.24) is 15.1 Å². The molecule has 9 nitrogen and oxygen atoms in total. The molecule has 0 fully saturated rings. The van der Waals surface area contributed by atoms with Crippen LogP contribution in [0.5, 0.6) is 0 Å². The molecule has 1 aromatic rings. The van der Waals surface area contributed by atoms with E-state index in [1.165, 1.54) is 0 Å². The Hall–Kier alpha value is -1.65. The van der Waals surface area contributed by atoms with Crippen LogP contribution in [0, 0.1) is 5.92 Å². The molecule has 1 heterocycles. The summed E-state index contributed by atoms with van der Waals surface area (Å²) in [5, 5.41) is 17.4. The Kier molecular flexibility index (Phi) is 9.10. The number of hydrogen-bond donors (Lipinski definition) is 2. The maximum atomic E-state index is 12.1. The van der Waals surface area contributed by atoms with Crippen LogP contribution in [0.15, 0.2) is 9.21 Å². The molecule has 2 N–H and O–H groups in total. The van der Waals surface area contributed by atoms with E-state index in [2.05, 4.69) is 30.1 Å². The molecule has 0 aromatic carbocycles. The number of amides is 1. The number of carbonyl (C=O) groups excluding carboxylic acids is 1. The van der Waals surface area contributed by atoms with Gasteiger partial charge in [0.2, 0.25) is 5.89 Å². The molecular weight excluding hydrogens is 394 g/mol. The number of alkyl carbamates (subject to hydrolysis) is 1. The van der Waals surface area contributed by atoms with Gasteiger partial charge in [0.15, 0.2) is 6.10 Å². The summed E-state index contributed by atoms with van der Waals surface area (Å²) < 4.78 is 16.9. The lowest BCUT2D eigenvalue weighted by atomic mass is 9.99. The summed E-state index contributed by atoms with van der Waals surface area (Å²) >= 11 is 0. The van der Waals surface area contributed by atoms with Gasteiger partial charge in [0.05, 0.1) is 6.04 Å². The second-order valence-electron chi connectivity index (χ2n) is 9.88. The first kappa shape index (κ1) is 25.4. The van der Waals surface area contributed by atoms with E-state index in [1.807, 2.05) is 13.8 Å². The predicted molar refractivity (Wildman–Crippen MR) is 112 cm³/mol. The largest absolute Gasteiger partial charge is 0.444 e. The highest BCUT2D eigenvalue weighted by molar-refractivity contribution is 6.76. The molecule has 10 heteroatoms. The molecule has 0 aliphatic heterocycles. The molecule has 0 saturated heterocycles. The van der Waals surface area contributed by atoms with Crippen LogP contribution in [-0.2, 0) is 16.2 Å². The molecule has 0 aliphatic rings. The molecule has 1 amide bonds. The molecule has 0 aliphatic carbocycles. The van der Waals surface area contributed by atoms with Crippen molar-refractivity contribution in [3.05, 3.63) is 16.4 Å². The summed E-state index contributed by atoms with van der Waals surface area (Å²) in [6, 6.07) is 0.245. The number of aromatic nitrogens is 2. The Morgan fingerprint density at radius 3 is 2.45 bits per heavy atom. The Bertz CT molecular complexity index is 702. The third-order valence-electron chi connectivity index (χ3n) is 3.89. The highest BCUT2D eigenvalue weighted by Gasteiger charge is 2.30. The number of carbonyl (C=O) groups is 1. The predicted octanol–water partition coefficient (Wildman–Crippen LogP) is 3.12. The van der Waals surface area contributed by atoms with Crippen molar-refractivity contribution < 1.29 is 23.8 Å². The van der Waals surface area contributed by atoms with Crippen LogP contribution in [0.3, 0.4) is 0 Å². The van der Waals surface area contributed by atoms with Crippen molar-refractivity contribution in [2.45, 2.75) is 91.2 Å². The van der Waals surface area contributed by atoms with E-state index in [0.29, 0.717) is 13.0 Å².